The number of nitrogens with zero attached hydrogens (tertiary/aromatic N) is 4. The van der Waals surface area contributed by atoms with Gasteiger partial charge in [0, 0.05) is 49.9 Å². The van der Waals surface area contributed by atoms with E-state index in [0.29, 0.717) is 23.0 Å². The molecule has 21 heavy (non-hydrogen) atoms. The lowest BCUT2D eigenvalue weighted by Gasteiger charge is -2.24. The molecule has 1 aromatic rings. The van der Waals surface area contributed by atoms with Crippen molar-refractivity contribution in [3.8, 4) is 6.07 Å². The Hall–Kier alpha value is -2.11. The van der Waals surface area contributed by atoms with Crippen LogP contribution in [0.5, 0.6) is 0 Å². The number of nitriles is 1. The predicted octanol–water partition coefficient (Wildman–Crippen LogP) is -0.171. The van der Waals surface area contributed by atoms with Crippen LogP contribution in [0.1, 0.15) is 11.3 Å². The molecule has 0 spiro atoms. The number of aliphatic hydroxyl groups is 1. The van der Waals surface area contributed by atoms with E-state index in [2.05, 4.69) is 9.98 Å². The standard InChI is InChI=1S/C13H15N5O2S/c1-16-4-9(2-14)11-10(3-15)12(20)18-5-8(6-19)7-21-13(18)17-11/h2,4,8,19H,5-7,14H2,1H3/t8-/m0/s1. The molecule has 1 aliphatic heterocycles. The van der Waals surface area contributed by atoms with Gasteiger partial charge in [-0.05, 0) is 0 Å². The number of hydrogen-bond donors (Lipinski definition) is 2. The van der Waals surface area contributed by atoms with E-state index < -0.39 is 5.56 Å². The van der Waals surface area contributed by atoms with Crippen molar-refractivity contribution in [2.24, 2.45) is 16.6 Å². The van der Waals surface area contributed by atoms with Crippen molar-refractivity contribution in [3.05, 3.63) is 27.8 Å². The molecule has 1 atom stereocenters. The lowest BCUT2D eigenvalue weighted by molar-refractivity contribution is 0.217. The molecule has 0 fully saturated rings. The maximum Gasteiger partial charge on any atom is 0.272 e. The maximum absolute atomic E-state index is 12.4. The SMILES string of the molecule is CN=CC(=CN)c1nc2n(c(=O)c1C#N)C[C@@H](CO)CS2. The van der Waals surface area contributed by atoms with Crippen LogP contribution in [0.4, 0.5) is 0 Å². The minimum Gasteiger partial charge on any atom is -0.404 e. The first-order valence-electron chi connectivity index (χ1n) is 6.29. The van der Waals surface area contributed by atoms with Crippen LogP contribution in [-0.4, -0.2) is 40.3 Å². The molecule has 0 amide bonds. The molecule has 0 aromatic carbocycles. The average molecular weight is 305 g/mol. The number of aliphatic imine (C=N–C) groups is 1. The van der Waals surface area contributed by atoms with E-state index in [-0.39, 0.29) is 23.8 Å². The second-order valence-electron chi connectivity index (χ2n) is 4.51. The molecule has 2 rings (SSSR count). The van der Waals surface area contributed by atoms with Gasteiger partial charge in [-0.25, -0.2) is 4.98 Å². The van der Waals surface area contributed by atoms with Crippen molar-refractivity contribution in [2.45, 2.75) is 11.7 Å². The van der Waals surface area contributed by atoms with Crippen LogP contribution in [0, 0.1) is 17.2 Å². The quantitative estimate of drug-likeness (QED) is 0.591. The Morgan fingerprint density at radius 1 is 1.76 bits per heavy atom. The summed E-state index contributed by atoms with van der Waals surface area (Å²) in [4.78, 5) is 20.7. The maximum atomic E-state index is 12.4. The van der Waals surface area contributed by atoms with Crippen molar-refractivity contribution in [2.75, 3.05) is 19.4 Å². The van der Waals surface area contributed by atoms with Gasteiger partial charge in [0.25, 0.3) is 5.56 Å². The lowest BCUT2D eigenvalue weighted by Crippen LogP contribution is -2.34. The third-order valence-corrected chi connectivity index (χ3v) is 4.32. The van der Waals surface area contributed by atoms with E-state index in [1.54, 1.807) is 7.05 Å². The van der Waals surface area contributed by atoms with Crippen LogP contribution in [0.15, 0.2) is 21.1 Å². The molecular weight excluding hydrogens is 290 g/mol. The van der Waals surface area contributed by atoms with Gasteiger partial charge in [-0.3, -0.25) is 14.4 Å². The molecule has 0 aliphatic carbocycles. The van der Waals surface area contributed by atoms with E-state index in [1.807, 2.05) is 6.07 Å². The van der Waals surface area contributed by atoms with E-state index in [9.17, 15) is 15.2 Å². The highest BCUT2D eigenvalue weighted by Crippen LogP contribution is 2.26. The summed E-state index contributed by atoms with van der Waals surface area (Å²) in [6.45, 7) is 0.363. The van der Waals surface area contributed by atoms with Gasteiger partial charge in [-0.1, -0.05) is 11.8 Å². The number of thioether (sulfide) groups is 1. The lowest BCUT2D eigenvalue weighted by atomic mass is 10.1. The number of nitrogens with two attached hydrogens (primary N) is 1. The fraction of sp³-hybridized carbons (Fsp3) is 0.385. The first-order valence-corrected chi connectivity index (χ1v) is 7.27. The molecule has 1 aromatic heterocycles. The first-order chi connectivity index (χ1) is 10.2. The zero-order valence-corrected chi connectivity index (χ0v) is 12.3. The average Bonchev–Trinajstić information content (AvgIpc) is 2.52. The Labute approximate surface area is 125 Å². The van der Waals surface area contributed by atoms with Gasteiger partial charge in [0.05, 0.1) is 5.69 Å². The second kappa shape index (κ2) is 6.56. The Bertz CT molecular complexity index is 702. The van der Waals surface area contributed by atoms with Gasteiger partial charge in [0.2, 0.25) is 0 Å². The first kappa shape index (κ1) is 15.3. The molecule has 1 aliphatic rings. The number of fused-ring (bicyclic) bond motifs is 1. The van der Waals surface area contributed by atoms with Crippen molar-refractivity contribution in [1.29, 1.82) is 5.26 Å². The number of allylic oxidation sites excluding steroid dienone is 1. The van der Waals surface area contributed by atoms with E-state index in [4.69, 9.17) is 5.73 Å². The van der Waals surface area contributed by atoms with E-state index >= 15 is 0 Å². The number of aliphatic hydroxyl groups excluding tert-OH is 1. The molecule has 0 saturated carbocycles. The molecule has 0 radical (unpaired) electrons. The molecule has 110 valence electrons. The molecule has 0 unspecified atom stereocenters. The molecule has 0 bridgehead atoms. The van der Waals surface area contributed by atoms with Crippen LogP contribution in [0.3, 0.4) is 0 Å². The van der Waals surface area contributed by atoms with Crippen LogP contribution in [0.25, 0.3) is 5.57 Å². The van der Waals surface area contributed by atoms with Crippen LogP contribution >= 0.6 is 11.8 Å². The molecule has 0 saturated heterocycles. The summed E-state index contributed by atoms with van der Waals surface area (Å²) in [5, 5.41) is 19.0. The largest absolute Gasteiger partial charge is 0.404 e. The highest BCUT2D eigenvalue weighted by atomic mass is 32.2. The minimum absolute atomic E-state index is 0.00103. The van der Waals surface area contributed by atoms with Crippen LogP contribution in [0.2, 0.25) is 0 Å². The van der Waals surface area contributed by atoms with Gasteiger partial charge in [0.15, 0.2) is 5.16 Å². The smallest absolute Gasteiger partial charge is 0.272 e. The minimum atomic E-state index is -0.410. The summed E-state index contributed by atoms with van der Waals surface area (Å²) in [7, 11) is 1.57. The summed E-state index contributed by atoms with van der Waals surface area (Å²) < 4.78 is 1.44. The van der Waals surface area contributed by atoms with Gasteiger partial charge in [-0.2, -0.15) is 5.26 Å². The second-order valence-corrected chi connectivity index (χ2v) is 5.50. The molecule has 7 nitrogen and oxygen atoms in total. The topological polar surface area (TPSA) is 117 Å². The third-order valence-electron chi connectivity index (χ3n) is 3.11. The normalized spacial score (nSPS) is 18.5. The zero-order chi connectivity index (χ0) is 15.4. The van der Waals surface area contributed by atoms with Crippen molar-refractivity contribution in [1.82, 2.24) is 9.55 Å². The summed E-state index contributed by atoms with van der Waals surface area (Å²) in [5.74, 6) is 0.666. The zero-order valence-electron chi connectivity index (χ0n) is 11.5. The highest BCUT2D eigenvalue weighted by Gasteiger charge is 2.25. The summed E-state index contributed by atoms with van der Waals surface area (Å²) >= 11 is 1.38. The molecule has 8 heteroatoms. The summed E-state index contributed by atoms with van der Waals surface area (Å²) in [5.41, 5.74) is 5.74. The van der Waals surface area contributed by atoms with Crippen molar-refractivity contribution >= 4 is 23.5 Å². The monoisotopic (exact) mass is 305 g/mol. The Balaban J connectivity index is 2.64. The van der Waals surface area contributed by atoms with Crippen molar-refractivity contribution in [3.63, 3.8) is 0 Å². The van der Waals surface area contributed by atoms with E-state index in [1.165, 1.54) is 28.7 Å². The van der Waals surface area contributed by atoms with Gasteiger partial charge in [-0.15, -0.1) is 0 Å². The van der Waals surface area contributed by atoms with Crippen LogP contribution < -0.4 is 11.3 Å². The fourth-order valence-electron chi connectivity index (χ4n) is 2.05. The Morgan fingerprint density at radius 3 is 3.10 bits per heavy atom. The van der Waals surface area contributed by atoms with E-state index in [0.717, 1.165) is 0 Å². The molecule has 3 N–H and O–H groups in total. The van der Waals surface area contributed by atoms with Gasteiger partial charge in [0.1, 0.15) is 11.6 Å². The molecule has 2 heterocycles. The summed E-state index contributed by atoms with van der Waals surface area (Å²) in [6.07, 6.45) is 2.74. The fourth-order valence-corrected chi connectivity index (χ4v) is 3.12. The van der Waals surface area contributed by atoms with Gasteiger partial charge >= 0.3 is 0 Å². The third kappa shape index (κ3) is 2.84. The van der Waals surface area contributed by atoms with Gasteiger partial charge < -0.3 is 10.8 Å². The van der Waals surface area contributed by atoms with Crippen molar-refractivity contribution < 1.29 is 5.11 Å². The number of rotatable bonds is 3. The predicted molar refractivity (Wildman–Crippen MR) is 81.1 cm³/mol. The number of aromatic nitrogens is 2. The summed E-state index contributed by atoms with van der Waals surface area (Å²) in [6, 6.07) is 1.89. The number of hydrogen-bond acceptors (Lipinski definition) is 7. The van der Waals surface area contributed by atoms with Crippen LogP contribution in [-0.2, 0) is 6.54 Å². The highest BCUT2D eigenvalue weighted by molar-refractivity contribution is 7.99. The molecular formula is C13H15N5O2S. The Kier molecular flexibility index (Phi) is 4.77. The Morgan fingerprint density at radius 2 is 2.52 bits per heavy atom.